The lowest BCUT2D eigenvalue weighted by Crippen LogP contribution is -2.03. The van der Waals surface area contributed by atoms with Gasteiger partial charge in [0.1, 0.15) is 0 Å². The van der Waals surface area contributed by atoms with Crippen molar-refractivity contribution in [1.29, 1.82) is 0 Å². The number of hydrogen-bond acceptors (Lipinski definition) is 2. The number of halogens is 1. The van der Waals surface area contributed by atoms with Gasteiger partial charge in [-0.3, -0.25) is 4.79 Å². The summed E-state index contributed by atoms with van der Waals surface area (Å²) in [7, 11) is 0. The van der Waals surface area contributed by atoms with Crippen LogP contribution in [0.15, 0.2) is 18.2 Å². The second kappa shape index (κ2) is 4.09. The zero-order valence-corrected chi connectivity index (χ0v) is 7.70. The maximum atomic E-state index is 12.9. The normalized spacial score (nSPS) is 12.4. The van der Waals surface area contributed by atoms with E-state index in [1.807, 2.05) is 0 Å². The van der Waals surface area contributed by atoms with Crippen LogP contribution in [0.1, 0.15) is 24.8 Å². The molecule has 4 heteroatoms. The molecule has 3 nitrogen and oxygen atoms in total. The largest absolute Gasteiger partial charge is 0.505 e. The molecule has 76 valence electrons. The number of carboxylic acids is 1. The summed E-state index contributed by atoms with van der Waals surface area (Å²) in [4.78, 5) is 10.4. The van der Waals surface area contributed by atoms with E-state index in [-0.39, 0.29) is 6.42 Å². The maximum absolute atomic E-state index is 12.9. The molecule has 0 heterocycles. The van der Waals surface area contributed by atoms with E-state index in [1.165, 1.54) is 12.1 Å². The molecule has 1 aromatic carbocycles. The molecule has 1 aromatic rings. The second-order valence-corrected chi connectivity index (χ2v) is 3.18. The molecular formula is C10H11FO3. The number of carboxylic acid groups (broad SMARTS) is 1. The predicted molar refractivity (Wildman–Crippen MR) is 48.7 cm³/mol. The zero-order valence-electron chi connectivity index (χ0n) is 7.70. The lowest BCUT2D eigenvalue weighted by Gasteiger charge is -2.11. The van der Waals surface area contributed by atoms with Crippen molar-refractivity contribution in [2.45, 2.75) is 19.3 Å². The molecule has 0 bridgehead atoms. The molecule has 0 saturated carbocycles. The first kappa shape index (κ1) is 10.5. The Morgan fingerprint density at radius 2 is 2.21 bits per heavy atom. The fraction of sp³-hybridized carbons (Fsp3) is 0.300. The van der Waals surface area contributed by atoms with Crippen molar-refractivity contribution in [2.24, 2.45) is 0 Å². The van der Waals surface area contributed by atoms with Gasteiger partial charge in [0.2, 0.25) is 0 Å². The molecular weight excluding hydrogens is 187 g/mol. The fourth-order valence-corrected chi connectivity index (χ4v) is 1.30. The van der Waals surface area contributed by atoms with Crippen LogP contribution in [0, 0.1) is 5.82 Å². The smallest absolute Gasteiger partial charge is 0.303 e. The average Bonchev–Trinajstić information content (AvgIpc) is 2.08. The Morgan fingerprint density at radius 3 is 2.79 bits per heavy atom. The van der Waals surface area contributed by atoms with Gasteiger partial charge in [0.05, 0.1) is 6.42 Å². The monoisotopic (exact) mass is 198 g/mol. The molecule has 0 aliphatic rings. The van der Waals surface area contributed by atoms with E-state index >= 15 is 0 Å². The molecule has 0 aliphatic carbocycles. The third-order valence-electron chi connectivity index (χ3n) is 2.03. The number of phenols is 1. The molecule has 0 aliphatic heterocycles. The van der Waals surface area contributed by atoms with Gasteiger partial charge in [-0.25, -0.2) is 4.39 Å². The minimum absolute atomic E-state index is 0.128. The highest BCUT2D eigenvalue weighted by Gasteiger charge is 2.15. The Labute approximate surface area is 80.8 Å². The SMILES string of the molecule is CC(CC(=O)O)c1cccc(F)c1O. The summed E-state index contributed by atoms with van der Waals surface area (Å²) < 4.78 is 12.9. The topological polar surface area (TPSA) is 57.5 Å². The van der Waals surface area contributed by atoms with E-state index in [0.29, 0.717) is 5.56 Å². The number of hydrogen-bond donors (Lipinski definition) is 2. The van der Waals surface area contributed by atoms with Crippen molar-refractivity contribution >= 4 is 5.97 Å². The van der Waals surface area contributed by atoms with E-state index in [2.05, 4.69) is 0 Å². The van der Waals surface area contributed by atoms with Gasteiger partial charge in [-0.05, 0) is 12.0 Å². The van der Waals surface area contributed by atoms with Crippen LogP contribution in [0.5, 0.6) is 5.75 Å². The average molecular weight is 198 g/mol. The van der Waals surface area contributed by atoms with E-state index in [9.17, 15) is 14.3 Å². The molecule has 1 unspecified atom stereocenters. The molecule has 0 saturated heterocycles. The van der Waals surface area contributed by atoms with Crippen LogP contribution in [-0.4, -0.2) is 16.2 Å². The molecule has 0 fully saturated rings. The van der Waals surface area contributed by atoms with Gasteiger partial charge >= 0.3 is 5.97 Å². The van der Waals surface area contributed by atoms with Crippen molar-refractivity contribution in [3.8, 4) is 5.75 Å². The van der Waals surface area contributed by atoms with Gasteiger partial charge in [-0.1, -0.05) is 19.1 Å². The molecule has 1 rings (SSSR count). The van der Waals surface area contributed by atoms with Gasteiger partial charge in [-0.15, -0.1) is 0 Å². The maximum Gasteiger partial charge on any atom is 0.303 e. The third-order valence-corrected chi connectivity index (χ3v) is 2.03. The van der Waals surface area contributed by atoms with E-state index < -0.39 is 23.5 Å². The highest BCUT2D eigenvalue weighted by molar-refractivity contribution is 5.68. The van der Waals surface area contributed by atoms with Gasteiger partial charge in [0.15, 0.2) is 11.6 Å². The Kier molecular flexibility index (Phi) is 3.06. The zero-order chi connectivity index (χ0) is 10.7. The summed E-state index contributed by atoms with van der Waals surface area (Å²) in [6, 6.07) is 4.10. The number of phenolic OH excluding ortho intramolecular Hbond substituents is 1. The Balaban J connectivity index is 2.95. The summed E-state index contributed by atoms with van der Waals surface area (Å²) in [5.74, 6) is -2.55. The van der Waals surface area contributed by atoms with Crippen molar-refractivity contribution < 1.29 is 19.4 Å². The van der Waals surface area contributed by atoms with Crippen LogP contribution in [0.25, 0.3) is 0 Å². The lowest BCUT2D eigenvalue weighted by atomic mass is 9.97. The number of carbonyl (C=O) groups is 1. The third kappa shape index (κ3) is 2.22. The summed E-state index contributed by atoms with van der Waals surface area (Å²) >= 11 is 0. The summed E-state index contributed by atoms with van der Waals surface area (Å²) in [5, 5.41) is 17.8. The standard InChI is InChI=1S/C10H11FO3/c1-6(5-9(12)13)7-3-2-4-8(11)10(7)14/h2-4,6,14H,5H2,1H3,(H,12,13). The van der Waals surface area contributed by atoms with E-state index in [4.69, 9.17) is 5.11 Å². The summed E-state index contributed by atoms with van der Waals surface area (Å²) in [5.41, 5.74) is 0.326. The summed E-state index contributed by atoms with van der Waals surface area (Å²) in [6.45, 7) is 1.63. The van der Waals surface area contributed by atoms with Gasteiger partial charge < -0.3 is 10.2 Å². The molecule has 1 atom stereocenters. The van der Waals surface area contributed by atoms with Crippen molar-refractivity contribution in [1.82, 2.24) is 0 Å². The predicted octanol–water partition coefficient (Wildman–Crippen LogP) is 2.11. The Morgan fingerprint density at radius 1 is 1.57 bits per heavy atom. The molecule has 0 spiro atoms. The van der Waals surface area contributed by atoms with Crippen LogP contribution < -0.4 is 0 Å². The lowest BCUT2D eigenvalue weighted by molar-refractivity contribution is -0.137. The second-order valence-electron chi connectivity index (χ2n) is 3.18. The van der Waals surface area contributed by atoms with Crippen molar-refractivity contribution in [3.63, 3.8) is 0 Å². The van der Waals surface area contributed by atoms with Crippen LogP contribution in [0.2, 0.25) is 0 Å². The fourth-order valence-electron chi connectivity index (χ4n) is 1.30. The van der Waals surface area contributed by atoms with Gasteiger partial charge in [0, 0.05) is 5.56 Å². The van der Waals surface area contributed by atoms with E-state index in [0.717, 1.165) is 6.07 Å². The number of rotatable bonds is 3. The highest BCUT2D eigenvalue weighted by Crippen LogP contribution is 2.29. The molecule has 0 amide bonds. The van der Waals surface area contributed by atoms with Crippen molar-refractivity contribution in [2.75, 3.05) is 0 Å². The summed E-state index contributed by atoms with van der Waals surface area (Å²) in [6.07, 6.45) is -0.128. The molecule has 0 aromatic heterocycles. The quantitative estimate of drug-likeness (QED) is 0.782. The Bertz CT molecular complexity index is 349. The number of aliphatic carboxylic acids is 1. The first-order valence-corrected chi connectivity index (χ1v) is 4.21. The first-order chi connectivity index (χ1) is 6.52. The number of para-hydroxylation sites is 1. The number of aromatic hydroxyl groups is 1. The first-order valence-electron chi connectivity index (χ1n) is 4.21. The van der Waals surface area contributed by atoms with E-state index in [1.54, 1.807) is 6.92 Å². The minimum Gasteiger partial charge on any atom is -0.505 e. The Hall–Kier alpha value is -1.58. The van der Waals surface area contributed by atoms with Gasteiger partial charge in [-0.2, -0.15) is 0 Å². The van der Waals surface area contributed by atoms with Crippen LogP contribution >= 0.6 is 0 Å². The van der Waals surface area contributed by atoms with Crippen LogP contribution in [0.4, 0.5) is 4.39 Å². The minimum atomic E-state index is -0.971. The molecule has 14 heavy (non-hydrogen) atoms. The molecule has 0 radical (unpaired) electrons. The number of benzene rings is 1. The van der Waals surface area contributed by atoms with Crippen LogP contribution in [0.3, 0.4) is 0 Å². The van der Waals surface area contributed by atoms with Gasteiger partial charge in [0.25, 0.3) is 0 Å². The van der Waals surface area contributed by atoms with Crippen LogP contribution in [-0.2, 0) is 4.79 Å². The van der Waals surface area contributed by atoms with Crippen molar-refractivity contribution in [3.05, 3.63) is 29.6 Å². The highest BCUT2D eigenvalue weighted by atomic mass is 19.1. The molecule has 2 N–H and O–H groups in total.